The number of ether oxygens (including phenoxy) is 2. The Morgan fingerprint density at radius 2 is 2.12 bits per heavy atom. The molecule has 0 bridgehead atoms. The van der Waals surface area contributed by atoms with Gasteiger partial charge in [-0.15, -0.1) is 0 Å². The van der Waals surface area contributed by atoms with Crippen molar-refractivity contribution in [2.45, 2.75) is 44.8 Å². The van der Waals surface area contributed by atoms with Crippen LogP contribution in [-0.2, 0) is 13.7 Å². The minimum Gasteiger partial charge on any atom is -0.366 e. The molecular weight excluding hydrogens is 357 g/mol. The topological polar surface area (TPSA) is 60.0 Å². The van der Waals surface area contributed by atoms with Crippen LogP contribution in [0.3, 0.4) is 0 Å². The zero-order valence-electron chi connectivity index (χ0n) is 10.7. The molecule has 0 spiro atoms. The van der Waals surface area contributed by atoms with Gasteiger partial charge in [-0.05, 0) is 33.7 Å². The number of rotatable bonds is 5. The maximum Gasteiger partial charge on any atom is 0.159 e. The molecule has 0 aromatic heterocycles. The number of methoxy groups -OCH3 is 1. The van der Waals surface area contributed by atoms with Gasteiger partial charge in [0, 0.05) is 28.3 Å². The molecule has 104 valence electrons. The first kappa shape index (κ1) is 17.9. The molecule has 17 heavy (non-hydrogen) atoms. The van der Waals surface area contributed by atoms with Crippen molar-refractivity contribution in [3.63, 3.8) is 0 Å². The Morgan fingerprint density at radius 1 is 1.53 bits per heavy atom. The molecule has 1 saturated heterocycles. The minimum absolute atomic E-state index is 0.239. The summed E-state index contributed by atoms with van der Waals surface area (Å²) >= 11 is 2.11. The highest BCUT2D eigenvalue weighted by atomic mass is 127. The van der Waals surface area contributed by atoms with Crippen LogP contribution in [0, 0.1) is 0 Å². The Bertz CT molecular complexity index is 192. The maximum absolute atomic E-state index is 8.60. The fraction of sp³-hybridized carbons (Fsp3) is 1.00. The van der Waals surface area contributed by atoms with Gasteiger partial charge in [-0.2, -0.15) is 0 Å². The summed E-state index contributed by atoms with van der Waals surface area (Å²) in [6, 6.07) is 0. The van der Waals surface area contributed by atoms with E-state index in [9.17, 15) is 0 Å². The summed E-state index contributed by atoms with van der Waals surface area (Å²) in [4.78, 5) is 0. The third-order valence-corrected chi connectivity index (χ3v) is 3.22. The number of aliphatic hydroxyl groups is 1. The number of hydrogen-bond acceptors (Lipinski definition) is 6. The average molecular weight is 379 g/mol. The van der Waals surface area contributed by atoms with E-state index in [2.05, 4.69) is 31.3 Å². The molecule has 0 radical (unpaired) electrons. The van der Waals surface area contributed by atoms with Crippen LogP contribution in [0.25, 0.3) is 0 Å². The molecule has 1 rings (SSSR count). The molecule has 5 nitrogen and oxygen atoms in total. The molecule has 2 atom stereocenters. The molecule has 1 aliphatic heterocycles. The van der Waals surface area contributed by atoms with E-state index in [1.807, 2.05) is 7.05 Å². The van der Waals surface area contributed by atoms with Crippen LogP contribution in [0.4, 0.5) is 0 Å². The van der Waals surface area contributed by atoms with Gasteiger partial charge in [0.05, 0.1) is 21.9 Å². The lowest BCUT2D eigenvalue weighted by atomic mass is 10.2. The largest absolute Gasteiger partial charge is 0.366 e. The molecule has 7 heteroatoms. The second-order valence-corrected chi connectivity index (χ2v) is 5.55. The van der Waals surface area contributed by atoms with Gasteiger partial charge >= 0.3 is 0 Å². The van der Waals surface area contributed by atoms with Crippen LogP contribution < -0.4 is 5.32 Å². The predicted molar refractivity (Wildman–Crippen MR) is 77.8 cm³/mol. The maximum atomic E-state index is 8.60. The van der Waals surface area contributed by atoms with Gasteiger partial charge in [0.15, 0.2) is 5.79 Å². The van der Waals surface area contributed by atoms with Crippen molar-refractivity contribution in [2.24, 2.45) is 0 Å². The van der Waals surface area contributed by atoms with Crippen molar-refractivity contribution in [3.05, 3.63) is 0 Å². The van der Waals surface area contributed by atoms with Gasteiger partial charge in [-0.3, -0.25) is 5.32 Å². The number of halogens is 1. The van der Waals surface area contributed by atoms with Crippen molar-refractivity contribution in [1.82, 2.24) is 5.32 Å². The van der Waals surface area contributed by atoms with Gasteiger partial charge in [-0.25, -0.2) is 0 Å². The van der Waals surface area contributed by atoms with Crippen molar-refractivity contribution >= 4 is 30.4 Å². The Balaban J connectivity index is 0.000000366. The molecule has 0 saturated carbocycles. The third-order valence-electron chi connectivity index (χ3n) is 2.23. The average Bonchev–Trinajstić information content (AvgIpc) is 2.74. The van der Waals surface area contributed by atoms with Crippen LogP contribution in [0.15, 0.2) is 0 Å². The van der Waals surface area contributed by atoms with Gasteiger partial charge < -0.3 is 18.8 Å². The second-order valence-electron chi connectivity index (χ2n) is 4.11. The van der Waals surface area contributed by atoms with Crippen LogP contribution in [0.5, 0.6) is 0 Å². The van der Waals surface area contributed by atoms with E-state index in [1.54, 1.807) is 13.8 Å². The number of nitrogens with one attached hydrogen (secondary N) is 1. The molecule has 1 aliphatic rings. The van der Waals surface area contributed by atoms with Gasteiger partial charge in [0.2, 0.25) is 0 Å². The summed E-state index contributed by atoms with van der Waals surface area (Å²) in [5.41, 5.74) is 0. The summed E-state index contributed by atoms with van der Waals surface area (Å²) in [6.45, 7) is 3.85. The van der Waals surface area contributed by atoms with Gasteiger partial charge in [-0.1, -0.05) is 0 Å². The Kier molecular flexibility index (Phi) is 10.3. The summed E-state index contributed by atoms with van der Waals surface area (Å²) in [7, 11) is 4.74. The van der Waals surface area contributed by atoms with E-state index in [1.165, 1.54) is 16.3 Å². The molecular formula is C10H22INO4S. The second kappa shape index (κ2) is 9.76. The first-order valence-corrected chi connectivity index (χ1v) is 8.71. The van der Waals surface area contributed by atoms with E-state index in [4.69, 9.17) is 14.0 Å². The molecule has 0 amide bonds. The van der Waals surface area contributed by atoms with E-state index < -0.39 is 5.79 Å². The summed E-state index contributed by atoms with van der Waals surface area (Å²) in [6.07, 6.45) is 2.72. The predicted octanol–water partition coefficient (Wildman–Crippen LogP) is 2.09. The van der Waals surface area contributed by atoms with E-state index >= 15 is 0 Å². The zero-order valence-corrected chi connectivity index (χ0v) is 13.7. The quantitative estimate of drug-likeness (QED) is 0.434. The van der Waals surface area contributed by atoms with Crippen LogP contribution >= 0.6 is 30.4 Å². The molecule has 2 N–H and O–H groups in total. The summed E-state index contributed by atoms with van der Waals surface area (Å²) < 4.78 is 15.2. The van der Waals surface area contributed by atoms with Crippen molar-refractivity contribution in [3.8, 4) is 0 Å². The fourth-order valence-corrected chi connectivity index (χ4v) is 1.79. The Morgan fingerprint density at radius 3 is 2.47 bits per heavy atom. The highest BCUT2D eigenvalue weighted by molar-refractivity contribution is 14.2. The Labute approximate surface area is 120 Å². The molecule has 0 aromatic carbocycles. The highest BCUT2D eigenvalue weighted by Crippen LogP contribution is 2.21. The van der Waals surface area contributed by atoms with E-state index in [0.717, 1.165) is 12.8 Å². The molecule has 0 aromatic rings. The third kappa shape index (κ3) is 10.5. The normalized spacial score (nSPS) is 24.4. The zero-order chi connectivity index (χ0) is 13.3. The molecule has 2 unspecified atom stereocenters. The smallest absolute Gasteiger partial charge is 0.159 e. The van der Waals surface area contributed by atoms with Crippen molar-refractivity contribution in [2.75, 3.05) is 20.8 Å². The minimum atomic E-state index is -0.958. The monoisotopic (exact) mass is 379 g/mol. The standard InChI is InChI=1S/C6H12INO2S.C4H10O2/c1-8-6-3-2-5(10-6)4-9-11-7;1-4(2,5)6-3/h5-6,8H,2-4H2,1H3;5H,1-3H3. The van der Waals surface area contributed by atoms with Crippen LogP contribution in [0.2, 0.25) is 0 Å². The summed E-state index contributed by atoms with van der Waals surface area (Å²) in [5.74, 6) is -0.958. The molecule has 0 aliphatic carbocycles. The van der Waals surface area contributed by atoms with Gasteiger partial charge in [0.1, 0.15) is 6.23 Å². The van der Waals surface area contributed by atoms with Crippen LogP contribution in [-0.4, -0.2) is 44.0 Å². The van der Waals surface area contributed by atoms with Crippen molar-refractivity contribution < 1.29 is 18.8 Å². The number of hydrogen-bond donors (Lipinski definition) is 2. The first-order valence-electron chi connectivity index (χ1n) is 5.43. The molecule has 1 fully saturated rings. The molecule has 1 heterocycles. The van der Waals surface area contributed by atoms with E-state index in [0.29, 0.717) is 6.61 Å². The SMILES string of the molecule is CNC1CCC(COSI)O1.COC(C)(C)O. The van der Waals surface area contributed by atoms with Crippen molar-refractivity contribution in [1.29, 1.82) is 0 Å². The highest BCUT2D eigenvalue weighted by Gasteiger charge is 2.23. The lowest BCUT2D eigenvalue weighted by Crippen LogP contribution is -2.25. The fourth-order valence-electron chi connectivity index (χ4n) is 1.14. The Hall–Kier alpha value is 0.880. The lowest BCUT2D eigenvalue weighted by Gasteiger charge is -2.12. The summed E-state index contributed by atoms with van der Waals surface area (Å²) in [5, 5.41) is 11.7. The van der Waals surface area contributed by atoms with Crippen LogP contribution in [0.1, 0.15) is 26.7 Å². The first-order chi connectivity index (χ1) is 7.92. The lowest BCUT2D eigenvalue weighted by molar-refractivity contribution is -0.155. The van der Waals surface area contributed by atoms with Gasteiger partial charge in [0.25, 0.3) is 0 Å². The van der Waals surface area contributed by atoms with E-state index in [-0.39, 0.29) is 12.3 Å².